The molecule has 4 nitrogen and oxygen atoms in total. The number of halogens is 1. The number of rotatable bonds is 3. The van der Waals surface area contributed by atoms with Crippen LogP contribution >= 0.6 is 0 Å². The molecule has 0 unspecified atom stereocenters. The molecule has 0 aliphatic carbocycles. The molecule has 20 heavy (non-hydrogen) atoms. The Morgan fingerprint density at radius 3 is 3.25 bits per heavy atom. The lowest BCUT2D eigenvalue weighted by Crippen LogP contribution is -2.50. The highest BCUT2D eigenvalue weighted by Crippen LogP contribution is 2.22. The van der Waals surface area contributed by atoms with Crippen molar-refractivity contribution in [2.45, 2.75) is 25.0 Å². The van der Waals surface area contributed by atoms with Crippen LogP contribution in [-0.4, -0.2) is 49.2 Å². The second kappa shape index (κ2) is 5.89. The predicted molar refractivity (Wildman–Crippen MR) is 73.1 cm³/mol. The molecule has 0 saturated carbocycles. The van der Waals surface area contributed by atoms with E-state index in [4.69, 9.17) is 4.74 Å². The zero-order valence-electron chi connectivity index (χ0n) is 11.3. The molecule has 0 bridgehead atoms. The van der Waals surface area contributed by atoms with Gasteiger partial charge >= 0.3 is 0 Å². The summed E-state index contributed by atoms with van der Waals surface area (Å²) >= 11 is 0. The summed E-state index contributed by atoms with van der Waals surface area (Å²) in [5, 5.41) is 2.82. The highest BCUT2D eigenvalue weighted by Gasteiger charge is 2.32. The van der Waals surface area contributed by atoms with Crippen molar-refractivity contribution in [1.29, 1.82) is 0 Å². The molecule has 2 fully saturated rings. The van der Waals surface area contributed by atoms with E-state index < -0.39 is 5.82 Å². The summed E-state index contributed by atoms with van der Waals surface area (Å²) in [6, 6.07) is 6.28. The zero-order chi connectivity index (χ0) is 13.9. The minimum atomic E-state index is -0.397. The Kier molecular flexibility index (Phi) is 3.98. The van der Waals surface area contributed by atoms with Gasteiger partial charge in [0.25, 0.3) is 5.91 Å². The number of fused-ring (bicyclic) bond motifs is 1. The van der Waals surface area contributed by atoms with Gasteiger partial charge in [-0.25, -0.2) is 4.39 Å². The van der Waals surface area contributed by atoms with Crippen LogP contribution in [0.15, 0.2) is 24.3 Å². The molecular weight excluding hydrogens is 259 g/mol. The van der Waals surface area contributed by atoms with Crippen LogP contribution in [0.5, 0.6) is 0 Å². The first kappa shape index (κ1) is 13.5. The van der Waals surface area contributed by atoms with Gasteiger partial charge in [0.2, 0.25) is 0 Å². The minimum Gasteiger partial charge on any atom is -0.373 e. The van der Waals surface area contributed by atoms with Gasteiger partial charge in [-0.2, -0.15) is 0 Å². The van der Waals surface area contributed by atoms with E-state index in [0.717, 1.165) is 19.7 Å². The maximum atomic E-state index is 13.1. The second-order valence-electron chi connectivity index (χ2n) is 5.47. The van der Waals surface area contributed by atoms with Gasteiger partial charge in [0.1, 0.15) is 5.82 Å². The van der Waals surface area contributed by atoms with Crippen molar-refractivity contribution in [2.24, 2.45) is 0 Å². The van der Waals surface area contributed by atoms with Crippen LogP contribution in [0.25, 0.3) is 0 Å². The molecule has 1 amide bonds. The number of carbonyl (C=O) groups is 1. The summed E-state index contributed by atoms with van der Waals surface area (Å²) in [7, 11) is 0. The Hall–Kier alpha value is -1.46. The number of amides is 1. The average molecular weight is 278 g/mol. The van der Waals surface area contributed by atoms with E-state index in [1.807, 2.05) is 0 Å². The first-order valence-electron chi connectivity index (χ1n) is 7.12. The molecule has 0 spiro atoms. The van der Waals surface area contributed by atoms with Crippen LogP contribution in [0.1, 0.15) is 23.2 Å². The van der Waals surface area contributed by atoms with Gasteiger partial charge in [-0.1, -0.05) is 6.07 Å². The Morgan fingerprint density at radius 1 is 1.50 bits per heavy atom. The summed E-state index contributed by atoms with van der Waals surface area (Å²) in [5.74, 6) is -0.650. The standard InChI is InChI=1S/C15H19FN2O2/c16-12-4-1-3-11(7-12)15(19)17-8-14-9-18-6-2-5-13(18)10-20-14/h1,3-4,7,13-14H,2,5-6,8-10H2,(H,17,19)/t13-,14-/m0/s1. The Morgan fingerprint density at radius 2 is 2.40 bits per heavy atom. The monoisotopic (exact) mass is 278 g/mol. The molecule has 2 aliphatic heterocycles. The molecule has 108 valence electrons. The molecule has 2 aliphatic rings. The number of hydrogen-bond donors (Lipinski definition) is 1. The Bertz CT molecular complexity index is 495. The fourth-order valence-electron chi connectivity index (χ4n) is 2.95. The normalized spacial score (nSPS) is 26.2. The van der Waals surface area contributed by atoms with Crippen LogP contribution in [-0.2, 0) is 4.74 Å². The summed E-state index contributed by atoms with van der Waals surface area (Å²) in [5.41, 5.74) is 0.347. The predicted octanol–water partition coefficient (Wildman–Crippen LogP) is 1.42. The highest BCUT2D eigenvalue weighted by molar-refractivity contribution is 5.94. The quantitative estimate of drug-likeness (QED) is 0.909. The van der Waals surface area contributed by atoms with E-state index in [-0.39, 0.29) is 12.0 Å². The first-order chi connectivity index (χ1) is 9.72. The van der Waals surface area contributed by atoms with Gasteiger partial charge in [-0.15, -0.1) is 0 Å². The highest BCUT2D eigenvalue weighted by atomic mass is 19.1. The average Bonchev–Trinajstić information content (AvgIpc) is 2.92. The fourth-order valence-corrected chi connectivity index (χ4v) is 2.95. The Labute approximate surface area is 117 Å². The summed E-state index contributed by atoms with van der Waals surface area (Å²) < 4.78 is 18.8. The molecule has 1 aromatic carbocycles. The number of nitrogens with one attached hydrogen (secondary N) is 1. The van der Waals surface area contributed by atoms with Crippen LogP contribution in [0.4, 0.5) is 4.39 Å². The van der Waals surface area contributed by atoms with E-state index in [1.165, 1.54) is 31.0 Å². The SMILES string of the molecule is O=C(NC[C@H]1CN2CCC[C@H]2CO1)c1cccc(F)c1. The van der Waals surface area contributed by atoms with E-state index in [0.29, 0.717) is 18.2 Å². The maximum Gasteiger partial charge on any atom is 0.251 e. The van der Waals surface area contributed by atoms with E-state index in [1.54, 1.807) is 6.07 Å². The first-order valence-corrected chi connectivity index (χ1v) is 7.12. The number of ether oxygens (including phenoxy) is 1. The third-order valence-electron chi connectivity index (χ3n) is 4.04. The molecule has 0 aromatic heterocycles. The van der Waals surface area contributed by atoms with Crippen molar-refractivity contribution in [2.75, 3.05) is 26.2 Å². The van der Waals surface area contributed by atoms with E-state index in [2.05, 4.69) is 10.2 Å². The molecule has 1 aromatic rings. The lowest BCUT2D eigenvalue weighted by atomic mass is 10.1. The molecule has 0 radical (unpaired) electrons. The van der Waals surface area contributed by atoms with Crippen molar-refractivity contribution >= 4 is 5.91 Å². The van der Waals surface area contributed by atoms with E-state index >= 15 is 0 Å². The third-order valence-corrected chi connectivity index (χ3v) is 4.04. The maximum absolute atomic E-state index is 13.1. The van der Waals surface area contributed by atoms with Crippen molar-refractivity contribution < 1.29 is 13.9 Å². The van der Waals surface area contributed by atoms with Crippen LogP contribution in [0, 0.1) is 5.82 Å². The van der Waals surface area contributed by atoms with Gasteiger partial charge < -0.3 is 10.1 Å². The van der Waals surface area contributed by atoms with Gasteiger partial charge in [-0.3, -0.25) is 9.69 Å². The van der Waals surface area contributed by atoms with Crippen molar-refractivity contribution in [3.8, 4) is 0 Å². The lowest BCUT2D eigenvalue weighted by Gasteiger charge is -2.35. The number of benzene rings is 1. The smallest absolute Gasteiger partial charge is 0.251 e. The molecule has 3 rings (SSSR count). The number of morpholine rings is 1. The van der Waals surface area contributed by atoms with Crippen molar-refractivity contribution in [3.63, 3.8) is 0 Å². The van der Waals surface area contributed by atoms with Crippen LogP contribution in [0.2, 0.25) is 0 Å². The van der Waals surface area contributed by atoms with Crippen LogP contribution in [0.3, 0.4) is 0 Å². The minimum absolute atomic E-state index is 0.0295. The van der Waals surface area contributed by atoms with E-state index in [9.17, 15) is 9.18 Å². The molecule has 2 saturated heterocycles. The second-order valence-corrected chi connectivity index (χ2v) is 5.47. The molecule has 2 atom stereocenters. The summed E-state index contributed by atoms with van der Waals surface area (Å²) in [6.45, 7) is 3.22. The van der Waals surface area contributed by atoms with Gasteiger partial charge in [-0.05, 0) is 37.6 Å². The molecule has 1 N–H and O–H groups in total. The zero-order valence-corrected chi connectivity index (χ0v) is 11.3. The Balaban J connectivity index is 1.51. The van der Waals surface area contributed by atoms with Gasteiger partial charge in [0, 0.05) is 24.7 Å². The molecular formula is C15H19FN2O2. The van der Waals surface area contributed by atoms with Crippen LogP contribution < -0.4 is 5.32 Å². The summed E-state index contributed by atoms with van der Waals surface area (Å²) in [6.07, 6.45) is 2.47. The van der Waals surface area contributed by atoms with Crippen molar-refractivity contribution in [3.05, 3.63) is 35.6 Å². The van der Waals surface area contributed by atoms with Crippen molar-refractivity contribution in [1.82, 2.24) is 10.2 Å². The topological polar surface area (TPSA) is 41.6 Å². The molecule has 2 heterocycles. The lowest BCUT2D eigenvalue weighted by molar-refractivity contribution is -0.0461. The third kappa shape index (κ3) is 2.99. The number of carbonyl (C=O) groups excluding carboxylic acids is 1. The molecule has 5 heteroatoms. The van der Waals surface area contributed by atoms with Gasteiger partial charge in [0.05, 0.1) is 12.7 Å². The number of hydrogen-bond acceptors (Lipinski definition) is 3. The number of nitrogens with zero attached hydrogens (tertiary/aromatic N) is 1. The summed E-state index contributed by atoms with van der Waals surface area (Å²) in [4.78, 5) is 14.4. The van der Waals surface area contributed by atoms with Gasteiger partial charge in [0.15, 0.2) is 0 Å². The fraction of sp³-hybridized carbons (Fsp3) is 0.533. The largest absolute Gasteiger partial charge is 0.373 e.